The number of benzene rings is 3. The Kier molecular flexibility index (Phi) is 6.63. The number of ether oxygens (including phenoxy) is 1. The molecule has 1 saturated heterocycles. The van der Waals surface area contributed by atoms with Crippen molar-refractivity contribution in [1.29, 1.82) is 0 Å². The molecule has 5 rings (SSSR count). The van der Waals surface area contributed by atoms with Crippen molar-refractivity contribution in [2.75, 3.05) is 13.1 Å². The number of para-hydroxylation sites is 1. The summed E-state index contributed by atoms with van der Waals surface area (Å²) < 4.78 is 8.12. The monoisotopic (exact) mass is 450 g/mol. The van der Waals surface area contributed by atoms with Crippen LogP contribution < -0.4 is 15.4 Å². The number of halogens is 1. The Bertz CT molecular complexity index is 1240. The van der Waals surface area contributed by atoms with Gasteiger partial charge in [-0.3, -0.25) is 4.79 Å². The Morgan fingerprint density at radius 1 is 1.09 bits per heavy atom. The number of fused-ring (bicyclic) bond motifs is 2. The van der Waals surface area contributed by atoms with Crippen molar-refractivity contribution < 1.29 is 9.53 Å². The predicted molar refractivity (Wildman–Crippen MR) is 130 cm³/mol. The molecule has 1 aliphatic heterocycles. The fourth-order valence-corrected chi connectivity index (χ4v) is 4.33. The van der Waals surface area contributed by atoms with Gasteiger partial charge in [-0.2, -0.15) is 0 Å². The minimum Gasteiger partial charge on any atom is -0.488 e. The molecule has 32 heavy (non-hydrogen) atoms. The van der Waals surface area contributed by atoms with E-state index in [0.717, 1.165) is 59.0 Å². The van der Waals surface area contributed by atoms with Crippen LogP contribution in [0.3, 0.4) is 0 Å². The molecule has 6 nitrogen and oxygen atoms in total. The lowest BCUT2D eigenvalue weighted by Crippen LogP contribution is -2.34. The highest BCUT2D eigenvalue weighted by Gasteiger charge is 2.21. The molecule has 4 aromatic rings. The fraction of sp³-hybridized carbons (Fsp3) is 0.280. The third-order valence-corrected chi connectivity index (χ3v) is 5.96. The van der Waals surface area contributed by atoms with Crippen LogP contribution in [0.15, 0.2) is 60.7 Å². The molecule has 2 heterocycles. The van der Waals surface area contributed by atoms with Crippen LogP contribution in [0.1, 0.15) is 29.0 Å². The zero-order valence-electron chi connectivity index (χ0n) is 18.0. The minimum absolute atomic E-state index is 0. The van der Waals surface area contributed by atoms with E-state index in [1.807, 2.05) is 54.1 Å². The number of carbonyl (C=O) groups excluding carboxylic acids is 1. The smallest absolute Gasteiger partial charge is 0.287 e. The highest BCUT2D eigenvalue weighted by atomic mass is 35.5. The molecule has 2 N–H and O–H groups in total. The van der Waals surface area contributed by atoms with E-state index >= 15 is 0 Å². The Labute approximate surface area is 193 Å². The first kappa shape index (κ1) is 22.1. The van der Waals surface area contributed by atoms with Gasteiger partial charge in [0.2, 0.25) is 0 Å². The molecule has 1 amide bonds. The minimum atomic E-state index is -0.195. The molecule has 0 spiro atoms. The number of piperidine rings is 1. The van der Waals surface area contributed by atoms with Gasteiger partial charge in [0.15, 0.2) is 5.82 Å². The number of aryl methyl sites for hydroxylation is 1. The number of nitrogens with one attached hydrogen (secondary N) is 2. The quantitative estimate of drug-likeness (QED) is 0.478. The molecule has 0 radical (unpaired) electrons. The number of imidazole rings is 1. The van der Waals surface area contributed by atoms with E-state index in [-0.39, 0.29) is 24.4 Å². The molecule has 3 aromatic carbocycles. The third-order valence-electron chi connectivity index (χ3n) is 5.96. The second-order valence-electron chi connectivity index (χ2n) is 8.01. The van der Waals surface area contributed by atoms with Gasteiger partial charge in [0.05, 0.1) is 5.52 Å². The highest BCUT2D eigenvalue weighted by Crippen LogP contribution is 2.28. The number of nitrogens with zero attached hydrogens (tertiary/aromatic N) is 2. The summed E-state index contributed by atoms with van der Waals surface area (Å²) >= 11 is 0. The van der Waals surface area contributed by atoms with Crippen molar-refractivity contribution in [3.63, 3.8) is 0 Å². The van der Waals surface area contributed by atoms with Crippen molar-refractivity contribution >= 4 is 40.1 Å². The van der Waals surface area contributed by atoms with E-state index in [4.69, 9.17) is 4.74 Å². The second kappa shape index (κ2) is 9.59. The Morgan fingerprint density at radius 2 is 1.84 bits per heavy atom. The molecular formula is C25H27ClN4O2. The Balaban J connectivity index is 0.00000245. The molecule has 0 bridgehead atoms. The molecule has 1 fully saturated rings. The molecular weight excluding hydrogens is 424 g/mol. The summed E-state index contributed by atoms with van der Waals surface area (Å²) in [5.74, 6) is 0.976. The van der Waals surface area contributed by atoms with Crippen molar-refractivity contribution in [2.45, 2.75) is 25.5 Å². The zero-order valence-corrected chi connectivity index (χ0v) is 18.8. The molecule has 0 aliphatic carbocycles. The predicted octanol–water partition coefficient (Wildman–Crippen LogP) is 4.21. The zero-order chi connectivity index (χ0) is 21.2. The van der Waals surface area contributed by atoms with Crippen LogP contribution in [-0.2, 0) is 13.6 Å². The number of aromatic nitrogens is 2. The summed E-state index contributed by atoms with van der Waals surface area (Å²) in [7, 11) is 1.87. The summed E-state index contributed by atoms with van der Waals surface area (Å²) in [6.07, 6.45) is 2.14. The van der Waals surface area contributed by atoms with Crippen LogP contribution in [0.25, 0.3) is 21.8 Å². The van der Waals surface area contributed by atoms with Gasteiger partial charge in [0, 0.05) is 13.6 Å². The highest BCUT2D eigenvalue weighted by molar-refractivity contribution is 5.96. The summed E-state index contributed by atoms with van der Waals surface area (Å²) in [5, 5.41) is 8.70. The Morgan fingerprint density at radius 3 is 2.69 bits per heavy atom. The van der Waals surface area contributed by atoms with Gasteiger partial charge >= 0.3 is 0 Å². The van der Waals surface area contributed by atoms with Gasteiger partial charge in [-0.15, -0.1) is 12.4 Å². The van der Waals surface area contributed by atoms with Gasteiger partial charge in [-0.25, -0.2) is 4.98 Å². The van der Waals surface area contributed by atoms with Gasteiger partial charge in [0.25, 0.3) is 5.91 Å². The lowest BCUT2D eigenvalue weighted by molar-refractivity contribution is 0.0938. The SMILES string of the molecule is Cl.Cn1c(C(=O)NCc2cccc3ccccc23)nc2cccc(OC3CCNCC3)c21. The molecule has 1 aromatic heterocycles. The first-order valence-electron chi connectivity index (χ1n) is 10.8. The number of amides is 1. The van der Waals surface area contributed by atoms with E-state index < -0.39 is 0 Å². The summed E-state index contributed by atoms with van der Waals surface area (Å²) in [4.78, 5) is 17.6. The lowest BCUT2D eigenvalue weighted by Gasteiger charge is -2.24. The van der Waals surface area contributed by atoms with Crippen LogP contribution in [0.4, 0.5) is 0 Å². The van der Waals surface area contributed by atoms with Crippen LogP contribution in [0, 0.1) is 0 Å². The largest absolute Gasteiger partial charge is 0.488 e. The van der Waals surface area contributed by atoms with E-state index in [9.17, 15) is 4.79 Å². The van der Waals surface area contributed by atoms with Gasteiger partial charge < -0.3 is 19.9 Å². The molecule has 0 unspecified atom stereocenters. The first-order chi connectivity index (χ1) is 15.2. The first-order valence-corrected chi connectivity index (χ1v) is 10.8. The van der Waals surface area contributed by atoms with Crippen LogP contribution in [0.5, 0.6) is 5.75 Å². The second-order valence-corrected chi connectivity index (χ2v) is 8.01. The maximum Gasteiger partial charge on any atom is 0.287 e. The number of hydrogen-bond donors (Lipinski definition) is 2. The van der Waals surface area contributed by atoms with Gasteiger partial charge in [-0.1, -0.05) is 48.5 Å². The number of hydrogen-bond acceptors (Lipinski definition) is 4. The maximum atomic E-state index is 13.0. The van der Waals surface area contributed by atoms with E-state index in [1.54, 1.807) is 0 Å². The van der Waals surface area contributed by atoms with E-state index in [1.165, 1.54) is 0 Å². The molecule has 7 heteroatoms. The molecule has 166 valence electrons. The van der Waals surface area contributed by atoms with Crippen LogP contribution in [0.2, 0.25) is 0 Å². The molecule has 1 aliphatic rings. The van der Waals surface area contributed by atoms with Crippen molar-refractivity contribution in [3.05, 3.63) is 72.1 Å². The van der Waals surface area contributed by atoms with Gasteiger partial charge in [0.1, 0.15) is 17.4 Å². The lowest BCUT2D eigenvalue weighted by atomic mass is 10.0. The maximum absolute atomic E-state index is 13.0. The fourth-order valence-electron chi connectivity index (χ4n) is 4.33. The van der Waals surface area contributed by atoms with E-state index in [0.29, 0.717) is 12.4 Å². The van der Waals surface area contributed by atoms with E-state index in [2.05, 4.69) is 33.8 Å². The average molecular weight is 451 g/mol. The summed E-state index contributed by atoms with van der Waals surface area (Å²) in [6, 6.07) is 20.2. The topological polar surface area (TPSA) is 68.2 Å². The van der Waals surface area contributed by atoms with Crippen LogP contribution in [-0.4, -0.2) is 34.7 Å². The van der Waals surface area contributed by atoms with Crippen molar-refractivity contribution in [1.82, 2.24) is 20.2 Å². The molecule has 0 saturated carbocycles. The summed E-state index contributed by atoms with van der Waals surface area (Å²) in [5.41, 5.74) is 2.71. The third kappa shape index (κ3) is 4.29. The molecule has 0 atom stereocenters. The van der Waals surface area contributed by atoms with Crippen molar-refractivity contribution in [3.8, 4) is 5.75 Å². The standard InChI is InChI=1S/C25H26N4O2.ClH/c1-29-23-21(10-5-11-22(23)31-19-12-14-26-15-13-19)28-24(29)25(30)27-16-18-8-4-7-17-6-2-3-9-20(17)18;/h2-11,19,26H,12-16H2,1H3,(H,27,30);1H. The Hall–Kier alpha value is -3.09. The summed E-state index contributed by atoms with van der Waals surface area (Å²) in [6.45, 7) is 2.38. The average Bonchev–Trinajstić information content (AvgIpc) is 3.15. The normalized spacial score (nSPS) is 14.3. The van der Waals surface area contributed by atoms with Crippen molar-refractivity contribution in [2.24, 2.45) is 7.05 Å². The number of rotatable bonds is 5. The number of carbonyl (C=O) groups is 1. The van der Waals surface area contributed by atoms with Crippen LogP contribution >= 0.6 is 12.4 Å². The van der Waals surface area contributed by atoms with Gasteiger partial charge in [-0.05, 0) is 54.4 Å².